The summed E-state index contributed by atoms with van der Waals surface area (Å²) in [7, 11) is -3.24. The third kappa shape index (κ3) is 3.89. The third-order valence-electron chi connectivity index (χ3n) is 4.99. The number of nitrogens with zero attached hydrogens (tertiary/aromatic N) is 3. The lowest BCUT2D eigenvalue weighted by Gasteiger charge is -2.08. The maximum absolute atomic E-state index is 11.6. The molecule has 7 nitrogen and oxygen atoms in total. The standard InChI is InChI=1S/C24H17N5O2S/c1-32(30,31)20-8-6-19(7-9-20)28-23-13-21-17(14-26-23)11-12-25-22(21)10-5-16-3-2-4-18-15-27-29-24(16)18/h2-4,6-9,11-15H,1H3,(H,26,28)(H,27,29). The molecule has 0 unspecified atom stereocenters. The minimum Gasteiger partial charge on any atom is -0.340 e. The van der Waals surface area contributed by atoms with Crippen molar-refractivity contribution in [1.82, 2.24) is 20.2 Å². The van der Waals surface area contributed by atoms with Gasteiger partial charge in [-0.3, -0.25) is 5.10 Å². The van der Waals surface area contributed by atoms with Crippen LogP contribution in [0.2, 0.25) is 0 Å². The summed E-state index contributed by atoms with van der Waals surface area (Å²) < 4.78 is 23.3. The summed E-state index contributed by atoms with van der Waals surface area (Å²) in [6, 6.07) is 16.2. The van der Waals surface area contributed by atoms with Gasteiger partial charge in [-0.05, 0) is 48.4 Å². The van der Waals surface area contributed by atoms with Gasteiger partial charge in [-0.15, -0.1) is 0 Å². The number of aromatic amines is 1. The van der Waals surface area contributed by atoms with Crippen molar-refractivity contribution in [3.63, 3.8) is 0 Å². The Kier molecular flexibility index (Phi) is 4.81. The molecular weight excluding hydrogens is 422 g/mol. The van der Waals surface area contributed by atoms with Gasteiger partial charge in [0.2, 0.25) is 0 Å². The molecule has 3 heterocycles. The Hall–Kier alpha value is -4.22. The number of fused-ring (bicyclic) bond motifs is 2. The number of rotatable bonds is 3. The zero-order valence-electron chi connectivity index (χ0n) is 17.0. The van der Waals surface area contributed by atoms with E-state index in [2.05, 4.69) is 37.3 Å². The average molecular weight is 440 g/mol. The van der Waals surface area contributed by atoms with Crippen molar-refractivity contribution < 1.29 is 8.42 Å². The van der Waals surface area contributed by atoms with Crippen molar-refractivity contribution >= 4 is 43.0 Å². The zero-order chi connectivity index (χ0) is 22.1. The van der Waals surface area contributed by atoms with Crippen LogP contribution in [0.1, 0.15) is 11.3 Å². The van der Waals surface area contributed by atoms with Gasteiger partial charge in [0, 0.05) is 40.5 Å². The molecule has 5 aromatic rings. The van der Waals surface area contributed by atoms with Crippen molar-refractivity contribution in [2.75, 3.05) is 11.6 Å². The third-order valence-corrected chi connectivity index (χ3v) is 6.12. The number of aromatic nitrogens is 4. The van der Waals surface area contributed by atoms with Gasteiger partial charge in [-0.25, -0.2) is 18.4 Å². The van der Waals surface area contributed by atoms with Gasteiger partial charge in [0.25, 0.3) is 0 Å². The van der Waals surface area contributed by atoms with E-state index in [1.165, 1.54) is 6.26 Å². The quantitative estimate of drug-likeness (QED) is 0.411. The van der Waals surface area contributed by atoms with Crippen molar-refractivity contribution in [1.29, 1.82) is 0 Å². The Balaban J connectivity index is 1.50. The number of sulfone groups is 1. The molecule has 0 bridgehead atoms. The Morgan fingerprint density at radius 2 is 1.78 bits per heavy atom. The van der Waals surface area contributed by atoms with Crippen LogP contribution in [-0.4, -0.2) is 34.8 Å². The molecule has 0 atom stereocenters. The number of nitrogens with one attached hydrogen (secondary N) is 2. The van der Waals surface area contributed by atoms with Crippen molar-refractivity contribution in [3.8, 4) is 11.8 Å². The molecule has 0 aliphatic carbocycles. The van der Waals surface area contributed by atoms with Crippen LogP contribution in [0.3, 0.4) is 0 Å². The largest absolute Gasteiger partial charge is 0.340 e. The first-order valence-corrected chi connectivity index (χ1v) is 11.6. The lowest BCUT2D eigenvalue weighted by Crippen LogP contribution is -1.98. The lowest BCUT2D eigenvalue weighted by molar-refractivity contribution is 0.602. The summed E-state index contributed by atoms with van der Waals surface area (Å²) in [5.41, 5.74) is 3.10. The van der Waals surface area contributed by atoms with Crippen LogP contribution in [0.5, 0.6) is 0 Å². The van der Waals surface area contributed by atoms with E-state index >= 15 is 0 Å². The molecule has 0 aliphatic heterocycles. The normalized spacial score (nSPS) is 11.3. The van der Waals surface area contributed by atoms with E-state index in [9.17, 15) is 8.42 Å². The van der Waals surface area contributed by atoms with E-state index in [4.69, 9.17) is 0 Å². The second-order valence-electron chi connectivity index (χ2n) is 7.26. The summed E-state index contributed by atoms with van der Waals surface area (Å²) in [5, 5.41) is 13.0. The Morgan fingerprint density at radius 3 is 2.59 bits per heavy atom. The Bertz CT molecular complexity index is 1630. The first kappa shape index (κ1) is 19.7. The highest BCUT2D eigenvalue weighted by Crippen LogP contribution is 2.23. The van der Waals surface area contributed by atoms with Gasteiger partial charge in [-0.2, -0.15) is 5.10 Å². The van der Waals surface area contributed by atoms with Gasteiger partial charge < -0.3 is 5.32 Å². The van der Waals surface area contributed by atoms with Gasteiger partial charge in [0.15, 0.2) is 9.84 Å². The molecule has 5 rings (SSSR count). The molecule has 0 spiro atoms. The number of pyridine rings is 2. The summed E-state index contributed by atoms with van der Waals surface area (Å²) in [6.07, 6.45) is 6.41. The number of para-hydroxylation sites is 1. The predicted molar refractivity (Wildman–Crippen MR) is 124 cm³/mol. The highest BCUT2D eigenvalue weighted by molar-refractivity contribution is 7.90. The monoisotopic (exact) mass is 439 g/mol. The van der Waals surface area contributed by atoms with Gasteiger partial charge >= 0.3 is 0 Å². The van der Waals surface area contributed by atoms with E-state index in [0.29, 0.717) is 11.5 Å². The van der Waals surface area contributed by atoms with Crippen LogP contribution < -0.4 is 5.32 Å². The van der Waals surface area contributed by atoms with Crippen LogP contribution >= 0.6 is 0 Å². The molecule has 8 heteroatoms. The van der Waals surface area contributed by atoms with E-state index < -0.39 is 9.84 Å². The highest BCUT2D eigenvalue weighted by atomic mass is 32.2. The smallest absolute Gasteiger partial charge is 0.175 e. The number of benzene rings is 2. The number of hydrogen-bond donors (Lipinski definition) is 2. The summed E-state index contributed by atoms with van der Waals surface area (Å²) in [4.78, 5) is 9.17. The van der Waals surface area contributed by atoms with E-state index in [1.807, 2.05) is 30.3 Å². The topological polar surface area (TPSA) is 101 Å². The zero-order valence-corrected chi connectivity index (χ0v) is 17.8. The fourth-order valence-electron chi connectivity index (χ4n) is 3.37. The lowest BCUT2D eigenvalue weighted by atomic mass is 10.1. The van der Waals surface area contributed by atoms with E-state index in [0.717, 1.165) is 32.9 Å². The van der Waals surface area contributed by atoms with Gasteiger partial charge in [-0.1, -0.05) is 18.1 Å². The molecule has 0 amide bonds. The number of anilines is 2. The molecule has 32 heavy (non-hydrogen) atoms. The van der Waals surface area contributed by atoms with Crippen LogP contribution in [0, 0.1) is 11.8 Å². The Morgan fingerprint density at radius 1 is 0.938 bits per heavy atom. The highest BCUT2D eigenvalue weighted by Gasteiger charge is 2.08. The van der Waals surface area contributed by atoms with Crippen LogP contribution in [0.15, 0.2) is 78.1 Å². The molecule has 2 N–H and O–H groups in total. The molecule has 0 saturated carbocycles. The van der Waals surface area contributed by atoms with Crippen molar-refractivity contribution in [2.24, 2.45) is 0 Å². The van der Waals surface area contributed by atoms with Crippen LogP contribution in [0.4, 0.5) is 11.5 Å². The second kappa shape index (κ2) is 7.80. The summed E-state index contributed by atoms with van der Waals surface area (Å²) in [6.45, 7) is 0. The second-order valence-corrected chi connectivity index (χ2v) is 9.28. The average Bonchev–Trinajstić information content (AvgIpc) is 3.27. The van der Waals surface area contributed by atoms with Crippen LogP contribution in [-0.2, 0) is 9.84 Å². The van der Waals surface area contributed by atoms with E-state index in [1.54, 1.807) is 42.9 Å². The van der Waals surface area contributed by atoms with Gasteiger partial charge in [0.1, 0.15) is 11.5 Å². The molecule has 0 radical (unpaired) electrons. The SMILES string of the molecule is CS(=O)(=O)c1ccc(Nc2cc3c(C#Cc4cccc5cn[nH]c45)nccc3cn2)cc1. The fourth-order valence-corrected chi connectivity index (χ4v) is 4.00. The molecule has 0 fully saturated rings. The molecule has 0 aliphatic rings. The maximum Gasteiger partial charge on any atom is 0.175 e. The predicted octanol–water partition coefficient (Wildman–Crippen LogP) is 4.05. The molecule has 0 saturated heterocycles. The molecule has 3 aromatic heterocycles. The first-order chi connectivity index (χ1) is 15.5. The maximum atomic E-state index is 11.6. The van der Waals surface area contributed by atoms with Crippen molar-refractivity contribution in [2.45, 2.75) is 4.90 Å². The fraction of sp³-hybridized carbons (Fsp3) is 0.0417. The summed E-state index contributed by atoms with van der Waals surface area (Å²) >= 11 is 0. The van der Waals surface area contributed by atoms with Gasteiger partial charge in [0.05, 0.1) is 22.2 Å². The molecule has 156 valence electrons. The first-order valence-electron chi connectivity index (χ1n) is 9.73. The number of H-pyrrole nitrogens is 1. The Labute approximate surface area is 184 Å². The molecular formula is C24H17N5O2S. The molecule has 2 aromatic carbocycles. The minimum atomic E-state index is -3.24. The van der Waals surface area contributed by atoms with Crippen LogP contribution in [0.25, 0.3) is 21.7 Å². The van der Waals surface area contributed by atoms with Crippen molar-refractivity contribution in [3.05, 3.63) is 84.4 Å². The van der Waals surface area contributed by atoms with E-state index in [-0.39, 0.29) is 4.90 Å². The minimum absolute atomic E-state index is 0.267. The number of hydrogen-bond acceptors (Lipinski definition) is 6. The summed E-state index contributed by atoms with van der Waals surface area (Å²) in [5.74, 6) is 6.97.